The van der Waals surface area contributed by atoms with Crippen LogP contribution >= 0.6 is 0 Å². The molecule has 13 nitrogen and oxygen atoms in total. The van der Waals surface area contributed by atoms with Crippen molar-refractivity contribution in [2.45, 2.75) is 62.9 Å². The van der Waals surface area contributed by atoms with Gasteiger partial charge in [0, 0.05) is 13.0 Å². The third-order valence-electron chi connectivity index (χ3n) is 4.72. The number of hydrogen-bond donors (Lipinski definition) is 7. The first-order valence-corrected chi connectivity index (χ1v) is 9.46. The number of aliphatic hydroxyl groups excluding tert-OH is 2. The highest BCUT2D eigenvalue weighted by atomic mass is 16.4. The zero-order valence-electron chi connectivity index (χ0n) is 16.6. The van der Waals surface area contributed by atoms with Crippen LogP contribution in [0.2, 0.25) is 0 Å². The van der Waals surface area contributed by atoms with E-state index in [0.717, 1.165) is 0 Å². The van der Waals surface area contributed by atoms with Crippen molar-refractivity contribution in [3.8, 4) is 0 Å². The second-order valence-electron chi connectivity index (χ2n) is 7.11. The lowest BCUT2D eigenvalue weighted by Gasteiger charge is -2.29. The van der Waals surface area contributed by atoms with E-state index in [0.29, 0.717) is 12.8 Å². The molecule has 5 atom stereocenters. The number of nitrogens with two attached hydrogens (primary N) is 2. The first kappa shape index (κ1) is 25.3. The Labute approximate surface area is 172 Å². The summed E-state index contributed by atoms with van der Waals surface area (Å²) in [6.07, 6.45) is -0.649. The Morgan fingerprint density at radius 3 is 2.33 bits per heavy atom. The SMILES string of the molecule is CC(O)C(NC(=O)C1CCCN1C(=O)C(N)CCC(N)=O)C(=O)NC(CO)C(=O)O. The van der Waals surface area contributed by atoms with Gasteiger partial charge in [0.1, 0.15) is 18.1 Å². The molecule has 30 heavy (non-hydrogen) atoms. The number of carboxylic acids is 1. The number of carboxylic acid groups (broad SMARTS) is 1. The molecule has 0 bridgehead atoms. The Morgan fingerprint density at radius 1 is 1.20 bits per heavy atom. The smallest absolute Gasteiger partial charge is 0.328 e. The minimum absolute atomic E-state index is 0.0233. The molecule has 0 saturated carbocycles. The summed E-state index contributed by atoms with van der Waals surface area (Å²) >= 11 is 0. The predicted octanol–water partition coefficient (Wildman–Crippen LogP) is -4.00. The van der Waals surface area contributed by atoms with Crippen LogP contribution < -0.4 is 22.1 Å². The Kier molecular flexibility index (Phi) is 9.62. The summed E-state index contributed by atoms with van der Waals surface area (Å²) in [4.78, 5) is 60.6. The van der Waals surface area contributed by atoms with E-state index in [1.54, 1.807) is 0 Å². The number of hydrogen-bond acceptors (Lipinski definition) is 8. The summed E-state index contributed by atoms with van der Waals surface area (Å²) in [6, 6.07) is -5.09. The van der Waals surface area contributed by atoms with Gasteiger partial charge in [0.25, 0.3) is 0 Å². The lowest BCUT2D eigenvalue weighted by atomic mass is 10.1. The number of amides is 4. The molecule has 1 saturated heterocycles. The minimum atomic E-state index is -1.61. The quantitative estimate of drug-likeness (QED) is 0.169. The number of primary amides is 1. The van der Waals surface area contributed by atoms with Crippen LogP contribution in [0.3, 0.4) is 0 Å². The van der Waals surface area contributed by atoms with Gasteiger partial charge >= 0.3 is 5.97 Å². The molecule has 5 unspecified atom stereocenters. The van der Waals surface area contributed by atoms with Crippen molar-refractivity contribution in [3.63, 3.8) is 0 Å². The van der Waals surface area contributed by atoms with Gasteiger partial charge in [-0.05, 0) is 26.2 Å². The van der Waals surface area contributed by atoms with Crippen LogP contribution in [0.4, 0.5) is 0 Å². The van der Waals surface area contributed by atoms with Crippen molar-refractivity contribution in [1.29, 1.82) is 0 Å². The maximum Gasteiger partial charge on any atom is 0.328 e. The number of nitrogens with zero attached hydrogens (tertiary/aromatic N) is 1. The maximum absolute atomic E-state index is 12.7. The summed E-state index contributed by atoms with van der Waals surface area (Å²) in [7, 11) is 0. The summed E-state index contributed by atoms with van der Waals surface area (Å²) in [5.74, 6) is -4.37. The van der Waals surface area contributed by atoms with Crippen molar-refractivity contribution >= 4 is 29.6 Å². The lowest BCUT2D eigenvalue weighted by Crippen LogP contribution is -2.59. The fourth-order valence-electron chi connectivity index (χ4n) is 3.04. The lowest BCUT2D eigenvalue weighted by molar-refractivity contribution is -0.145. The topological polar surface area (TPSA) is 225 Å². The van der Waals surface area contributed by atoms with Gasteiger partial charge < -0.3 is 42.3 Å². The molecule has 1 rings (SSSR count). The van der Waals surface area contributed by atoms with Crippen LogP contribution in [0.5, 0.6) is 0 Å². The minimum Gasteiger partial charge on any atom is -0.480 e. The molecule has 1 aliphatic rings. The highest BCUT2D eigenvalue weighted by molar-refractivity contribution is 5.94. The molecule has 170 valence electrons. The number of rotatable bonds is 11. The van der Waals surface area contributed by atoms with Crippen LogP contribution in [0.1, 0.15) is 32.6 Å². The number of aliphatic hydroxyl groups is 2. The predicted molar refractivity (Wildman–Crippen MR) is 101 cm³/mol. The van der Waals surface area contributed by atoms with Gasteiger partial charge in [0.05, 0.1) is 18.8 Å². The van der Waals surface area contributed by atoms with Gasteiger partial charge in [-0.15, -0.1) is 0 Å². The standard InChI is InChI=1S/C17H29N5O8/c1-8(24)13(15(27)20-10(7-23)17(29)30)21-14(26)11-3-2-6-22(11)16(28)9(18)4-5-12(19)25/h8-11,13,23-24H,2-7,18H2,1H3,(H2,19,25)(H,20,27)(H,21,26)(H,29,30). The van der Waals surface area contributed by atoms with Crippen molar-refractivity contribution in [2.24, 2.45) is 11.5 Å². The number of likely N-dealkylation sites (tertiary alicyclic amines) is 1. The average molecular weight is 431 g/mol. The summed E-state index contributed by atoms with van der Waals surface area (Å²) in [5, 5.41) is 32.1. The molecule has 13 heteroatoms. The van der Waals surface area contributed by atoms with Crippen LogP contribution in [0.25, 0.3) is 0 Å². The Morgan fingerprint density at radius 2 is 1.83 bits per heavy atom. The van der Waals surface area contributed by atoms with E-state index >= 15 is 0 Å². The Bertz CT molecular complexity index is 671. The molecule has 0 aromatic rings. The summed E-state index contributed by atoms with van der Waals surface area (Å²) in [6.45, 7) is 0.588. The molecule has 1 aliphatic heterocycles. The van der Waals surface area contributed by atoms with Gasteiger partial charge in [-0.25, -0.2) is 4.79 Å². The largest absolute Gasteiger partial charge is 0.480 e. The van der Waals surface area contributed by atoms with Crippen molar-refractivity contribution in [1.82, 2.24) is 15.5 Å². The van der Waals surface area contributed by atoms with Crippen molar-refractivity contribution in [2.75, 3.05) is 13.2 Å². The second kappa shape index (κ2) is 11.4. The molecule has 4 amide bonds. The van der Waals surface area contributed by atoms with Crippen LogP contribution in [-0.4, -0.2) is 93.2 Å². The number of carbonyl (C=O) groups excluding carboxylic acids is 4. The zero-order valence-corrected chi connectivity index (χ0v) is 16.6. The third-order valence-corrected chi connectivity index (χ3v) is 4.72. The highest BCUT2D eigenvalue weighted by Crippen LogP contribution is 2.19. The molecule has 9 N–H and O–H groups in total. The molecule has 0 aromatic heterocycles. The zero-order chi connectivity index (χ0) is 23.0. The Hall–Kier alpha value is -2.77. The molecular formula is C17H29N5O8. The maximum atomic E-state index is 12.7. The van der Waals surface area contributed by atoms with Crippen LogP contribution in [-0.2, 0) is 24.0 Å². The molecule has 0 radical (unpaired) electrons. The van der Waals surface area contributed by atoms with E-state index in [2.05, 4.69) is 5.32 Å². The normalized spacial score (nSPS) is 20.0. The third kappa shape index (κ3) is 6.93. The molecule has 0 aromatic carbocycles. The summed E-state index contributed by atoms with van der Waals surface area (Å²) in [5.41, 5.74) is 10.8. The van der Waals surface area contributed by atoms with Gasteiger partial charge in [0.15, 0.2) is 0 Å². The first-order chi connectivity index (χ1) is 14.0. The van der Waals surface area contributed by atoms with Gasteiger partial charge in [0.2, 0.25) is 23.6 Å². The van der Waals surface area contributed by atoms with Crippen molar-refractivity contribution < 1.29 is 39.3 Å². The van der Waals surface area contributed by atoms with Crippen LogP contribution in [0.15, 0.2) is 0 Å². The van der Waals surface area contributed by atoms with Gasteiger partial charge in [-0.3, -0.25) is 19.2 Å². The van der Waals surface area contributed by atoms with E-state index in [1.165, 1.54) is 11.8 Å². The van der Waals surface area contributed by atoms with Gasteiger partial charge in [-0.1, -0.05) is 0 Å². The monoisotopic (exact) mass is 431 g/mol. The first-order valence-electron chi connectivity index (χ1n) is 9.46. The van der Waals surface area contributed by atoms with E-state index < -0.39 is 66.5 Å². The highest BCUT2D eigenvalue weighted by Gasteiger charge is 2.38. The van der Waals surface area contributed by atoms with E-state index in [1.807, 2.05) is 5.32 Å². The average Bonchev–Trinajstić information content (AvgIpc) is 3.16. The Balaban J connectivity index is 2.83. The molecule has 1 heterocycles. The van der Waals surface area contributed by atoms with Crippen molar-refractivity contribution in [3.05, 3.63) is 0 Å². The summed E-state index contributed by atoms with van der Waals surface area (Å²) < 4.78 is 0. The fourth-order valence-corrected chi connectivity index (χ4v) is 3.04. The number of carbonyl (C=O) groups is 5. The number of nitrogens with one attached hydrogen (secondary N) is 2. The molecule has 1 fully saturated rings. The molecule has 0 spiro atoms. The second-order valence-corrected chi connectivity index (χ2v) is 7.11. The van der Waals surface area contributed by atoms with Gasteiger partial charge in [-0.2, -0.15) is 0 Å². The van der Waals surface area contributed by atoms with E-state index in [4.69, 9.17) is 21.7 Å². The molecular weight excluding hydrogens is 402 g/mol. The fraction of sp³-hybridized carbons (Fsp3) is 0.706. The van der Waals surface area contributed by atoms with Crippen LogP contribution in [0, 0.1) is 0 Å². The van der Waals surface area contributed by atoms with E-state index in [-0.39, 0.29) is 19.4 Å². The molecule has 0 aliphatic carbocycles. The number of aliphatic carboxylic acids is 1. The van der Waals surface area contributed by atoms with E-state index in [9.17, 15) is 29.1 Å².